The van der Waals surface area contributed by atoms with Crippen molar-refractivity contribution >= 4 is 11.5 Å². The van der Waals surface area contributed by atoms with Gasteiger partial charge >= 0.3 is 0 Å². The lowest BCUT2D eigenvalue weighted by atomic mass is 10.2. The number of hydrogen-bond donors (Lipinski definition) is 1. The first-order chi connectivity index (χ1) is 12.7. The number of imidazole rings is 1. The van der Waals surface area contributed by atoms with E-state index in [1.165, 1.54) is 12.1 Å². The molecule has 0 aliphatic rings. The number of aromatic nitrogens is 4. The predicted molar refractivity (Wildman–Crippen MR) is 96.5 cm³/mol. The summed E-state index contributed by atoms with van der Waals surface area (Å²) in [6.07, 6.45) is 5.14. The Morgan fingerprint density at radius 2 is 1.92 bits per heavy atom. The molecule has 0 saturated heterocycles. The largest absolute Gasteiger partial charge is 0.495 e. The van der Waals surface area contributed by atoms with Crippen LogP contribution in [0.5, 0.6) is 5.75 Å². The number of pyridine rings is 1. The van der Waals surface area contributed by atoms with Gasteiger partial charge in [-0.25, -0.2) is 13.9 Å². The SMILES string of the molecule is COc1cncc(-c2cnc3ccc(NCc4ccc(F)cc4)nn23)c1. The maximum atomic E-state index is 13.0. The maximum absolute atomic E-state index is 13.0. The van der Waals surface area contributed by atoms with Crippen molar-refractivity contribution in [3.63, 3.8) is 0 Å². The highest BCUT2D eigenvalue weighted by atomic mass is 19.1. The number of fused-ring (bicyclic) bond motifs is 1. The first-order valence-electron chi connectivity index (χ1n) is 8.05. The van der Waals surface area contributed by atoms with E-state index in [-0.39, 0.29) is 5.82 Å². The summed E-state index contributed by atoms with van der Waals surface area (Å²) in [5.74, 6) is 1.11. The van der Waals surface area contributed by atoms with Gasteiger partial charge in [-0.1, -0.05) is 12.1 Å². The number of nitrogens with one attached hydrogen (secondary N) is 1. The Morgan fingerprint density at radius 3 is 2.73 bits per heavy atom. The molecule has 7 heteroatoms. The molecule has 1 N–H and O–H groups in total. The van der Waals surface area contributed by atoms with Gasteiger partial charge in [-0.15, -0.1) is 5.10 Å². The van der Waals surface area contributed by atoms with Crippen molar-refractivity contribution in [1.29, 1.82) is 0 Å². The van der Waals surface area contributed by atoms with E-state index in [0.29, 0.717) is 18.1 Å². The molecule has 0 unspecified atom stereocenters. The van der Waals surface area contributed by atoms with Crippen LogP contribution in [-0.2, 0) is 6.54 Å². The third-order valence-corrected chi connectivity index (χ3v) is 3.99. The Labute approximate surface area is 149 Å². The Kier molecular flexibility index (Phi) is 4.18. The van der Waals surface area contributed by atoms with Crippen molar-refractivity contribution in [3.05, 3.63) is 72.4 Å². The summed E-state index contributed by atoms with van der Waals surface area (Å²) < 4.78 is 20.0. The first kappa shape index (κ1) is 16.0. The summed E-state index contributed by atoms with van der Waals surface area (Å²) in [5.41, 5.74) is 3.38. The fraction of sp³-hybridized carbons (Fsp3) is 0.105. The van der Waals surface area contributed by atoms with Crippen LogP contribution in [0, 0.1) is 5.82 Å². The summed E-state index contributed by atoms with van der Waals surface area (Å²) in [6, 6.07) is 12.0. The summed E-state index contributed by atoms with van der Waals surface area (Å²) in [5, 5.41) is 7.84. The van der Waals surface area contributed by atoms with Crippen LogP contribution < -0.4 is 10.1 Å². The van der Waals surface area contributed by atoms with Crippen LogP contribution in [0.25, 0.3) is 16.9 Å². The van der Waals surface area contributed by atoms with E-state index in [0.717, 1.165) is 22.5 Å². The van der Waals surface area contributed by atoms with E-state index in [1.807, 2.05) is 18.2 Å². The third kappa shape index (κ3) is 3.19. The molecule has 0 saturated carbocycles. The number of hydrogen-bond acceptors (Lipinski definition) is 5. The van der Waals surface area contributed by atoms with Crippen molar-refractivity contribution in [2.75, 3.05) is 12.4 Å². The molecule has 4 rings (SSSR count). The minimum atomic E-state index is -0.247. The molecule has 3 aromatic heterocycles. The monoisotopic (exact) mass is 349 g/mol. The topological polar surface area (TPSA) is 64.3 Å². The van der Waals surface area contributed by atoms with Crippen molar-refractivity contribution in [3.8, 4) is 17.0 Å². The molecule has 3 heterocycles. The Morgan fingerprint density at radius 1 is 1.08 bits per heavy atom. The molecule has 0 fully saturated rings. The van der Waals surface area contributed by atoms with E-state index in [9.17, 15) is 4.39 Å². The van der Waals surface area contributed by atoms with Crippen LogP contribution in [0.4, 0.5) is 10.2 Å². The van der Waals surface area contributed by atoms with Gasteiger partial charge in [0, 0.05) is 18.3 Å². The van der Waals surface area contributed by atoms with Gasteiger partial charge < -0.3 is 10.1 Å². The predicted octanol–water partition coefficient (Wildman–Crippen LogP) is 3.55. The summed E-state index contributed by atoms with van der Waals surface area (Å²) in [6.45, 7) is 0.545. The summed E-state index contributed by atoms with van der Waals surface area (Å²) >= 11 is 0. The van der Waals surface area contributed by atoms with Gasteiger partial charge in [0.15, 0.2) is 5.65 Å². The quantitative estimate of drug-likeness (QED) is 0.597. The van der Waals surface area contributed by atoms with Crippen LogP contribution >= 0.6 is 0 Å². The molecule has 0 aliphatic heterocycles. The highest BCUT2D eigenvalue weighted by Crippen LogP contribution is 2.23. The summed E-state index contributed by atoms with van der Waals surface area (Å²) in [7, 11) is 1.60. The fourth-order valence-electron chi connectivity index (χ4n) is 2.63. The second-order valence-corrected chi connectivity index (χ2v) is 5.73. The zero-order valence-corrected chi connectivity index (χ0v) is 14.1. The second kappa shape index (κ2) is 6.79. The van der Waals surface area contributed by atoms with E-state index in [2.05, 4.69) is 20.4 Å². The van der Waals surface area contributed by atoms with E-state index in [4.69, 9.17) is 4.74 Å². The molecule has 0 bridgehead atoms. The lowest BCUT2D eigenvalue weighted by Crippen LogP contribution is -2.04. The van der Waals surface area contributed by atoms with Gasteiger partial charge in [-0.3, -0.25) is 4.98 Å². The standard InChI is InChI=1S/C19H16FN5O/c1-26-16-8-14(10-21-11-16)17-12-23-19-7-6-18(24-25(17)19)22-9-13-2-4-15(20)5-3-13/h2-8,10-12H,9H2,1H3,(H,22,24). The normalized spacial score (nSPS) is 10.8. The van der Waals surface area contributed by atoms with Crippen LogP contribution in [0.15, 0.2) is 61.1 Å². The maximum Gasteiger partial charge on any atom is 0.154 e. The molecular formula is C19H16FN5O. The van der Waals surface area contributed by atoms with Crippen molar-refractivity contribution in [2.45, 2.75) is 6.54 Å². The number of nitrogens with zero attached hydrogens (tertiary/aromatic N) is 4. The highest BCUT2D eigenvalue weighted by Gasteiger charge is 2.09. The number of ether oxygens (including phenoxy) is 1. The van der Waals surface area contributed by atoms with Crippen LogP contribution in [-0.4, -0.2) is 26.7 Å². The van der Waals surface area contributed by atoms with Gasteiger partial charge in [0.05, 0.1) is 25.2 Å². The molecule has 0 atom stereocenters. The molecule has 6 nitrogen and oxygen atoms in total. The molecule has 0 radical (unpaired) electrons. The molecule has 4 aromatic rings. The fourth-order valence-corrected chi connectivity index (χ4v) is 2.63. The molecule has 26 heavy (non-hydrogen) atoms. The van der Waals surface area contributed by atoms with Crippen LogP contribution in [0.2, 0.25) is 0 Å². The zero-order chi connectivity index (χ0) is 17.9. The lowest BCUT2D eigenvalue weighted by molar-refractivity contribution is 0.413. The number of benzene rings is 1. The highest BCUT2D eigenvalue weighted by molar-refractivity contribution is 5.64. The van der Waals surface area contributed by atoms with Gasteiger partial charge in [-0.05, 0) is 35.9 Å². The lowest BCUT2D eigenvalue weighted by Gasteiger charge is -2.08. The van der Waals surface area contributed by atoms with Crippen LogP contribution in [0.1, 0.15) is 5.56 Å². The molecule has 0 spiro atoms. The Bertz CT molecular complexity index is 1050. The van der Waals surface area contributed by atoms with Crippen molar-refractivity contribution < 1.29 is 9.13 Å². The third-order valence-electron chi connectivity index (χ3n) is 3.99. The number of rotatable bonds is 5. The van der Waals surface area contributed by atoms with E-state index < -0.39 is 0 Å². The number of methoxy groups -OCH3 is 1. The van der Waals surface area contributed by atoms with Gasteiger partial charge in [0.2, 0.25) is 0 Å². The minimum absolute atomic E-state index is 0.247. The van der Waals surface area contributed by atoms with Gasteiger partial charge in [0.25, 0.3) is 0 Å². The average Bonchev–Trinajstić information content (AvgIpc) is 3.11. The molecule has 0 aliphatic carbocycles. The second-order valence-electron chi connectivity index (χ2n) is 5.73. The number of anilines is 1. The molecule has 1 aromatic carbocycles. The van der Waals surface area contributed by atoms with E-state index in [1.54, 1.807) is 42.3 Å². The summed E-state index contributed by atoms with van der Waals surface area (Å²) in [4.78, 5) is 8.57. The smallest absolute Gasteiger partial charge is 0.154 e. The first-order valence-corrected chi connectivity index (χ1v) is 8.05. The molecule has 130 valence electrons. The Hall–Kier alpha value is -3.48. The zero-order valence-electron chi connectivity index (χ0n) is 14.1. The molecular weight excluding hydrogens is 333 g/mol. The van der Waals surface area contributed by atoms with E-state index >= 15 is 0 Å². The Balaban J connectivity index is 1.62. The van der Waals surface area contributed by atoms with Gasteiger partial charge in [0.1, 0.15) is 17.4 Å². The average molecular weight is 349 g/mol. The number of halogens is 1. The van der Waals surface area contributed by atoms with Crippen LogP contribution in [0.3, 0.4) is 0 Å². The molecule has 0 amide bonds. The van der Waals surface area contributed by atoms with Gasteiger partial charge in [-0.2, -0.15) is 0 Å². The van der Waals surface area contributed by atoms with Crippen molar-refractivity contribution in [1.82, 2.24) is 19.6 Å². The minimum Gasteiger partial charge on any atom is -0.495 e. The van der Waals surface area contributed by atoms with Crippen molar-refractivity contribution in [2.24, 2.45) is 0 Å².